The number of halogens is 4. The molecule has 82 valence electrons. The molecule has 0 aromatic heterocycles. The largest absolute Gasteiger partial charge is 0.416 e. The van der Waals surface area contributed by atoms with Crippen LogP contribution in [0, 0.1) is 0 Å². The van der Waals surface area contributed by atoms with Crippen LogP contribution in [0.15, 0.2) is 24.8 Å². The number of hydrogen-bond donors (Lipinski definition) is 0. The van der Waals surface area contributed by atoms with Gasteiger partial charge in [-0.25, -0.2) is 4.39 Å². The van der Waals surface area contributed by atoms with Gasteiger partial charge in [0.25, 0.3) is 0 Å². The molecule has 1 rings (SSSR count). The lowest BCUT2D eigenvalue weighted by molar-refractivity contribution is -0.137. The van der Waals surface area contributed by atoms with Crippen LogP contribution in [0.2, 0.25) is 0 Å². The highest BCUT2D eigenvalue weighted by Crippen LogP contribution is 2.32. The lowest BCUT2D eigenvalue weighted by atomic mass is 10.0. The van der Waals surface area contributed by atoms with E-state index in [0.29, 0.717) is 0 Å². The molecule has 0 bridgehead atoms. The van der Waals surface area contributed by atoms with E-state index in [1.165, 1.54) is 19.1 Å². The molecule has 0 aliphatic heterocycles. The first-order valence-electron chi connectivity index (χ1n) is 4.33. The van der Waals surface area contributed by atoms with Crippen molar-refractivity contribution >= 4 is 6.08 Å². The Bertz CT molecular complexity index is 363. The number of benzene rings is 1. The van der Waals surface area contributed by atoms with E-state index < -0.39 is 17.9 Å². The highest BCUT2D eigenvalue weighted by molar-refractivity contribution is 5.50. The SMILES string of the molecule is C=Cc1cc(C(C)F)cc(C(F)(F)F)c1. The van der Waals surface area contributed by atoms with Crippen molar-refractivity contribution in [2.24, 2.45) is 0 Å². The molecule has 1 aromatic carbocycles. The Balaban J connectivity index is 3.29. The monoisotopic (exact) mass is 218 g/mol. The van der Waals surface area contributed by atoms with Crippen LogP contribution in [0.25, 0.3) is 6.08 Å². The van der Waals surface area contributed by atoms with Gasteiger partial charge >= 0.3 is 6.18 Å². The van der Waals surface area contributed by atoms with Crippen LogP contribution in [0.1, 0.15) is 29.8 Å². The zero-order chi connectivity index (χ0) is 11.6. The minimum Gasteiger partial charge on any atom is -0.243 e. The Morgan fingerprint density at radius 3 is 2.27 bits per heavy atom. The number of alkyl halides is 4. The van der Waals surface area contributed by atoms with Gasteiger partial charge in [0.1, 0.15) is 6.17 Å². The van der Waals surface area contributed by atoms with Crippen LogP contribution in [0.5, 0.6) is 0 Å². The van der Waals surface area contributed by atoms with Crippen LogP contribution in [0.4, 0.5) is 17.6 Å². The first-order chi connectivity index (χ1) is 6.84. The minimum absolute atomic E-state index is 0.0136. The van der Waals surface area contributed by atoms with Crippen molar-refractivity contribution in [3.05, 3.63) is 41.5 Å². The summed E-state index contributed by atoms with van der Waals surface area (Å²) in [7, 11) is 0. The summed E-state index contributed by atoms with van der Waals surface area (Å²) < 4.78 is 50.1. The van der Waals surface area contributed by atoms with E-state index in [4.69, 9.17) is 0 Å². The van der Waals surface area contributed by atoms with Crippen LogP contribution in [-0.4, -0.2) is 0 Å². The summed E-state index contributed by atoms with van der Waals surface area (Å²) in [6.07, 6.45) is -4.62. The average Bonchev–Trinajstić information content (AvgIpc) is 2.15. The maximum Gasteiger partial charge on any atom is 0.416 e. The van der Waals surface area contributed by atoms with Crippen LogP contribution >= 0.6 is 0 Å². The van der Waals surface area contributed by atoms with Crippen LogP contribution in [-0.2, 0) is 6.18 Å². The molecule has 0 heterocycles. The molecule has 0 nitrogen and oxygen atoms in total. The summed E-state index contributed by atoms with van der Waals surface area (Å²) in [5, 5.41) is 0. The third kappa shape index (κ3) is 2.81. The van der Waals surface area contributed by atoms with Crippen molar-refractivity contribution in [1.82, 2.24) is 0 Å². The third-order valence-electron chi connectivity index (χ3n) is 2.00. The summed E-state index contributed by atoms with van der Waals surface area (Å²) in [5.41, 5.74) is -0.566. The second-order valence-electron chi connectivity index (χ2n) is 3.21. The quantitative estimate of drug-likeness (QED) is 0.646. The van der Waals surface area contributed by atoms with Gasteiger partial charge in [0.05, 0.1) is 5.56 Å². The van der Waals surface area contributed by atoms with Gasteiger partial charge in [0, 0.05) is 0 Å². The van der Waals surface area contributed by atoms with Gasteiger partial charge in [0.15, 0.2) is 0 Å². The molecule has 0 saturated carbocycles. The fourth-order valence-corrected chi connectivity index (χ4v) is 1.19. The van der Waals surface area contributed by atoms with Gasteiger partial charge in [-0.15, -0.1) is 0 Å². The minimum atomic E-state index is -4.46. The maximum absolute atomic E-state index is 12.9. The van der Waals surface area contributed by atoms with Crippen molar-refractivity contribution in [2.45, 2.75) is 19.3 Å². The Morgan fingerprint density at radius 1 is 1.27 bits per heavy atom. The van der Waals surface area contributed by atoms with E-state index in [9.17, 15) is 17.6 Å². The molecule has 0 fully saturated rings. The molecule has 0 amide bonds. The predicted octanol–water partition coefficient (Wildman–Crippen LogP) is 4.38. The number of hydrogen-bond acceptors (Lipinski definition) is 0. The van der Waals surface area contributed by atoms with E-state index in [0.717, 1.165) is 12.1 Å². The van der Waals surface area contributed by atoms with Crippen molar-refractivity contribution in [3.63, 3.8) is 0 Å². The molecule has 1 aromatic rings. The van der Waals surface area contributed by atoms with E-state index in [1.807, 2.05) is 0 Å². The molecule has 0 radical (unpaired) electrons. The molecule has 0 aliphatic carbocycles. The molecule has 4 heteroatoms. The summed E-state index contributed by atoms with van der Waals surface area (Å²) in [6, 6.07) is 3.11. The topological polar surface area (TPSA) is 0 Å². The van der Waals surface area contributed by atoms with Gasteiger partial charge in [-0.1, -0.05) is 12.7 Å². The first kappa shape index (κ1) is 11.8. The standard InChI is InChI=1S/C11H10F4/c1-3-8-4-9(7(2)12)6-10(5-8)11(13,14)15/h3-7H,1H2,2H3. The molecule has 1 atom stereocenters. The van der Waals surface area contributed by atoms with Gasteiger partial charge in [-0.3, -0.25) is 0 Å². The van der Waals surface area contributed by atoms with Crippen LogP contribution in [0.3, 0.4) is 0 Å². The highest BCUT2D eigenvalue weighted by atomic mass is 19.4. The lowest BCUT2D eigenvalue weighted by Crippen LogP contribution is -2.06. The zero-order valence-corrected chi connectivity index (χ0v) is 8.11. The summed E-state index contributed by atoms with van der Waals surface area (Å²) in [5.74, 6) is 0. The van der Waals surface area contributed by atoms with Crippen molar-refractivity contribution in [3.8, 4) is 0 Å². The van der Waals surface area contributed by atoms with Gasteiger partial charge in [-0.2, -0.15) is 13.2 Å². The molecule has 0 aliphatic rings. The van der Waals surface area contributed by atoms with E-state index in [1.54, 1.807) is 0 Å². The maximum atomic E-state index is 12.9. The predicted molar refractivity (Wildman–Crippen MR) is 51.1 cm³/mol. The van der Waals surface area contributed by atoms with E-state index >= 15 is 0 Å². The molecule has 0 saturated heterocycles. The van der Waals surface area contributed by atoms with Gasteiger partial charge < -0.3 is 0 Å². The van der Waals surface area contributed by atoms with Crippen molar-refractivity contribution in [2.75, 3.05) is 0 Å². The highest BCUT2D eigenvalue weighted by Gasteiger charge is 2.31. The molecule has 0 N–H and O–H groups in total. The van der Waals surface area contributed by atoms with Crippen molar-refractivity contribution in [1.29, 1.82) is 0 Å². The summed E-state index contributed by atoms with van der Waals surface area (Å²) >= 11 is 0. The summed E-state index contributed by atoms with van der Waals surface area (Å²) in [6.45, 7) is 4.56. The second kappa shape index (κ2) is 4.04. The first-order valence-corrected chi connectivity index (χ1v) is 4.33. The fraction of sp³-hybridized carbons (Fsp3) is 0.273. The van der Waals surface area contributed by atoms with Gasteiger partial charge in [0.2, 0.25) is 0 Å². The average molecular weight is 218 g/mol. The Labute approximate surface area is 85.2 Å². The summed E-state index contributed by atoms with van der Waals surface area (Å²) in [4.78, 5) is 0. The molecule has 1 unspecified atom stereocenters. The molecular formula is C11H10F4. The Hall–Kier alpha value is -1.32. The van der Waals surface area contributed by atoms with Crippen molar-refractivity contribution < 1.29 is 17.6 Å². The smallest absolute Gasteiger partial charge is 0.243 e. The number of rotatable bonds is 2. The second-order valence-corrected chi connectivity index (χ2v) is 3.21. The third-order valence-corrected chi connectivity index (χ3v) is 2.00. The molecular weight excluding hydrogens is 208 g/mol. The molecule has 0 spiro atoms. The zero-order valence-electron chi connectivity index (χ0n) is 8.11. The van der Waals surface area contributed by atoms with Gasteiger partial charge in [-0.05, 0) is 36.2 Å². The van der Waals surface area contributed by atoms with E-state index in [2.05, 4.69) is 6.58 Å². The fourth-order valence-electron chi connectivity index (χ4n) is 1.19. The lowest BCUT2D eigenvalue weighted by Gasteiger charge is -2.11. The molecule has 15 heavy (non-hydrogen) atoms. The Kier molecular flexibility index (Phi) is 3.17. The van der Waals surface area contributed by atoms with E-state index in [-0.39, 0.29) is 11.1 Å². The normalized spacial score (nSPS) is 13.7. The Morgan fingerprint density at radius 2 is 1.87 bits per heavy atom. The van der Waals surface area contributed by atoms with Crippen LogP contribution < -0.4 is 0 Å².